The Bertz CT molecular complexity index is 1160. The second-order valence-electron chi connectivity index (χ2n) is 6.27. The Morgan fingerprint density at radius 3 is 2.30 bits per heavy atom. The largest absolute Gasteiger partial charge is 0.439 e. The molecule has 172 valence electrons. The fourth-order valence-electron chi connectivity index (χ4n) is 2.51. The molecule has 0 aliphatic rings. The number of benzene rings is 2. The van der Waals surface area contributed by atoms with Gasteiger partial charge in [0.25, 0.3) is 5.91 Å². The smallest absolute Gasteiger partial charge is 0.417 e. The third kappa shape index (κ3) is 6.54. The van der Waals surface area contributed by atoms with Gasteiger partial charge in [-0.25, -0.2) is 20.2 Å². The summed E-state index contributed by atoms with van der Waals surface area (Å²) < 4.78 is 44.4. The van der Waals surface area contributed by atoms with Crippen LogP contribution >= 0.6 is 11.6 Å². The van der Waals surface area contributed by atoms with Crippen molar-refractivity contribution in [2.24, 2.45) is 0 Å². The Labute approximate surface area is 189 Å². The van der Waals surface area contributed by atoms with E-state index in [1.165, 1.54) is 43.5 Å². The van der Waals surface area contributed by atoms with Gasteiger partial charge in [0.1, 0.15) is 17.8 Å². The van der Waals surface area contributed by atoms with E-state index in [9.17, 15) is 22.8 Å². The molecule has 33 heavy (non-hydrogen) atoms. The number of carbonyl (C=O) groups excluding carboxylic acids is 2. The van der Waals surface area contributed by atoms with E-state index in [0.717, 1.165) is 18.5 Å². The number of amides is 3. The number of carbonyl (C=O) groups is 2. The molecule has 3 N–H and O–H groups in total. The number of hydroxylamine groups is 1. The van der Waals surface area contributed by atoms with E-state index >= 15 is 0 Å². The van der Waals surface area contributed by atoms with Crippen LogP contribution in [0.2, 0.25) is 5.02 Å². The molecule has 0 spiro atoms. The van der Waals surface area contributed by atoms with Gasteiger partial charge >= 0.3 is 12.2 Å². The molecule has 0 atom stereocenters. The lowest BCUT2D eigenvalue weighted by Crippen LogP contribution is -2.22. The van der Waals surface area contributed by atoms with E-state index < -0.39 is 28.7 Å². The molecule has 2 aromatic carbocycles. The number of urea groups is 1. The Kier molecular flexibility index (Phi) is 7.30. The first-order valence-corrected chi connectivity index (χ1v) is 9.41. The quantitative estimate of drug-likeness (QED) is 0.432. The first kappa shape index (κ1) is 23.8. The monoisotopic (exact) mass is 481 g/mol. The molecule has 3 aromatic rings. The van der Waals surface area contributed by atoms with Crippen LogP contribution in [0.4, 0.5) is 29.3 Å². The lowest BCUT2D eigenvalue weighted by molar-refractivity contribution is -0.137. The fraction of sp³-hybridized carbons (Fsp3) is 0.100. The number of anilines is 2. The standard InChI is InChI=1S/C20H15ClF3N5O4/c1-32-29-18(30)16-9-17(26-10-25-16)33-13-5-2-11(3-6-13)27-19(31)28-12-4-7-15(21)14(8-12)20(22,23)24/h2-10H,1H3,(H,29,30)(H2,27,28,31). The highest BCUT2D eigenvalue weighted by atomic mass is 35.5. The number of nitrogens with one attached hydrogen (secondary N) is 3. The highest BCUT2D eigenvalue weighted by Crippen LogP contribution is 2.36. The maximum Gasteiger partial charge on any atom is 0.417 e. The molecule has 13 heteroatoms. The van der Waals surface area contributed by atoms with Gasteiger partial charge in [-0.2, -0.15) is 13.2 Å². The second kappa shape index (κ2) is 10.1. The third-order valence-corrected chi connectivity index (χ3v) is 4.26. The molecule has 0 unspecified atom stereocenters. The van der Waals surface area contributed by atoms with Crippen molar-refractivity contribution in [2.75, 3.05) is 17.7 Å². The van der Waals surface area contributed by atoms with Gasteiger partial charge in [-0.3, -0.25) is 9.63 Å². The predicted molar refractivity (Wildman–Crippen MR) is 112 cm³/mol. The molecule has 0 aliphatic carbocycles. The minimum atomic E-state index is -4.65. The second-order valence-corrected chi connectivity index (χ2v) is 6.68. The topological polar surface area (TPSA) is 114 Å². The number of rotatable bonds is 6. The molecule has 0 radical (unpaired) electrons. The number of ether oxygens (including phenoxy) is 1. The average Bonchev–Trinajstić information content (AvgIpc) is 2.76. The zero-order valence-corrected chi connectivity index (χ0v) is 17.5. The van der Waals surface area contributed by atoms with Crippen molar-refractivity contribution in [3.8, 4) is 11.6 Å². The van der Waals surface area contributed by atoms with Crippen LogP contribution in [0.1, 0.15) is 16.1 Å². The van der Waals surface area contributed by atoms with Crippen LogP contribution < -0.4 is 20.9 Å². The minimum Gasteiger partial charge on any atom is -0.439 e. The normalized spacial score (nSPS) is 10.9. The summed E-state index contributed by atoms with van der Waals surface area (Å²) in [5, 5.41) is 4.31. The summed E-state index contributed by atoms with van der Waals surface area (Å²) in [7, 11) is 1.28. The molecule has 0 aliphatic heterocycles. The summed E-state index contributed by atoms with van der Waals surface area (Å²) in [6.45, 7) is 0. The predicted octanol–water partition coefficient (Wildman–Crippen LogP) is 4.88. The lowest BCUT2D eigenvalue weighted by Gasteiger charge is -2.12. The fourth-order valence-corrected chi connectivity index (χ4v) is 2.73. The summed E-state index contributed by atoms with van der Waals surface area (Å²) >= 11 is 5.56. The average molecular weight is 482 g/mol. The number of aromatic nitrogens is 2. The Balaban J connectivity index is 1.61. The van der Waals surface area contributed by atoms with Crippen molar-refractivity contribution in [1.82, 2.24) is 15.4 Å². The van der Waals surface area contributed by atoms with Crippen molar-refractivity contribution >= 4 is 34.9 Å². The van der Waals surface area contributed by atoms with Crippen LogP contribution in [0, 0.1) is 0 Å². The molecule has 1 aromatic heterocycles. The van der Waals surface area contributed by atoms with Gasteiger partial charge in [0.05, 0.1) is 17.7 Å². The Morgan fingerprint density at radius 1 is 0.970 bits per heavy atom. The minimum absolute atomic E-state index is 0.0210. The van der Waals surface area contributed by atoms with Crippen LogP contribution in [0.25, 0.3) is 0 Å². The van der Waals surface area contributed by atoms with Crippen molar-refractivity contribution in [3.63, 3.8) is 0 Å². The van der Waals surface area contributed by atoms with E-state index in [4.69, 9.17) is 16.3 Å². The van der Waals surface area contributed by atoms with Crippen molar-refractivity contribution < 1.29 is 32.3 Å². The lowest BCUT2D eigenvalue weighted by atomic mass is 10.2. The van der Waals surface area contributed by atoms with Gasteiger partial charge in [0.2, 0.25) is 5.88 Å². The first-order chi connectivity index (χ1) is 15.7. The van der Waals surface area contributed by atoms with E-state index in [0.29, 0.717) is 11.4 Å². The molecular formula is C20H15ClF3N5O4. The Hall–Kier alpha value is -3.90. The van der Waals surface area contributed by atoms with E-state index in [-0.39, 0.29) is 17.3 Å². The molecule has 3 amide bonds. The summed E-state index contributed by atoms with van der Waals surface area (Å²) in [5.41, 5.74) is 1.34. The van der Waals surface area contributed by atoms with Crippen molar-refractivity contribution in [2.45, 2.75) is 6.18 Å². The molecule has 0 fully saturated rings. The molecule has 3 rings (SSSR count). The van der Waals surface area contributed by atoms with Crippen LogP contribution in [-0.4, -0.2) is 29.0 Å². The maximum absolute atomic E-state index is 12.9. The number of nitrogens with zero attached hydrogens (tertiary/aromatic N) is 2. The van der Waals surface area contributed by atoms with Crippen LogP contribution in [0.5, 0.6) is 11.6 Å². The highest BCUT2D eigenvalue weighted by molar-refractivity contribution is 6.31. The molecule has 0 saturated carbocycles. The van der Waals surface area contributed by atoms with Gasteiger partial charge in [-0.05, 0) is 42.5 Å². The van der Waals surface area contributed by atoms with Crippen molar-refractivity contribution in [1.29, 1.82) is 0 Å². The van der Waals surface area contributed by atoms with Crippen molar-refractivity contribution in [3.05, 3.63) is 71.1 Å². The zero-order valence-electron chi connectivity index (χ0n) is 16.7. The third-order valence-electron chi connectivity index (χ3n) is 3.93. The van der Waals surface area contributed by atoms with Gasteiger partial charge in [-0.1, -0.05) is 11.6 Å². The number of hydrogen-bond acceptors (Lipinski definition) is 6. The molecule has 1 heterocycles. The van der Waals surface area contributed by atoms with Crippen LogP contribution in [0.15, 0.2) is 54.9 Å². The summed E-state index contributed by atoms with van der Waals surface area (Å²) in [4.78, 5) is 36.1. The zero-order chi connectivity index (χ0) is 24.0. The molecular weight excluding hydrogens is 467 g/mol. The van der Waals surface area contributed by atoms with Gasteiger partial charge < -0.3 is 15.4 Å². The van der Waals surface area contributed by atoms with Gasteiger partial charge in [0, 0.05) is 17.4 Å². The van der Waals surface area contributed by atoms with E-state index in [1.54, 1.807) is 0 Å². The SMILES string of the molecule is CONC(=O)c1cc(Oc2ccc(NC(=O)Nc3ccc(Cl)c(C(F)(F)F)c3)cc2)ncn1. The number of halogens is 4. The van der Waals surface area contributed by atoms with Crippen LogP contribution in [0.3, 0.4) is 0 Å². The van der Waals surface area contributed by atoms with Gasteiger partial charge in [-0.15, -0.1) is 0 Å². The highest BCUT2D eigenvalue weighted by Gasteiger charge is 2.33. The summed E-state index contributed by atoms with van der Waals surface area (Å²) in [5.74, 6) is -0.156. The molecule has 9 nitrogen and oxygen atoms in total. The molecule has 0 bridgehead atoms. The Morgan fingerprint density at radius 2 is 1.64 bits per heavy atom. The van der Waals surface area contributed by atoms with Gasteiger partial charge in [0.15, 0.2) is 0 Å². The maximum atomic E-state index is 12.9. The van der Waals surface area contributed by atoms with E-state index in [1.807, 2.05) is 0 Å². The summed E-state index contributed by atoms with van der Waals surface area (Å²) in [6.07, 6.45) is -3.51. The number of alkyl halides is 3. The summed E-state index contributed by atoms with van der Waals surface area (Å²) in [6, 6.07) is 9.59. The van der Waals surface area contributed by atoms with Crippen LogP contribution in [-0.2, 0) is 11.0 Å². The number of hydrogen-bond donors (Lipinski definition) is 3. The van der Waals surface area contributed by atoms with E-state index in [2.05, 4.69) is 30.9 Å². The molecule has 0 saturated heterocycles. The first-order valence-electron chi connectivity index (χ1n) is 9.04.